The summed E-state index contributed by atoms with van der Waals surface area (Å²) < 4.78 is 0. The van der Waals surface area contributed by atoms with Crippen molar-refractivity contribution in [3.8, 4) is 0 Å². The number of anilines is 1. The molecule has 4 heteroatoms. The number of pyridine rings is 1. The number of aromatic nitrogens is 2. The predicted octanol–water partition coefficient (Wildman–Crippen LogP) is 2.17. The third-order valence-corrected chi connectivity index (χ3v) is 2.76. The molecular formula is C10H11N3S. The van der Waals surface area contributed by atoms with Gasteiger partial charge in [-0.3, -0.25) is 4.98 Å². The fourth-order valence-electron chi connectivity index (χ4n) is 1.19. The molecule has 0 unspecified atom stereocenters. The van der Waals surface area contributed by atoms with Gasteiger partial charge in [0.2, 0.25) is 0 Å². The summed E-state index contributed by atoms with van der Waals surface area (Å²) in [6.07, 6.45) is 2.61. The molecule has 0 aliphatic heterocycles. The summed E-state index contributed by atoms with van der Waals surface area (Å²) in [6.45, 7) is 0. The van der Waals surface area contributed by atoms with E-state index in [2.05, 4.69) is 20.7 Å². The minimum Gasteiger partial charge on any atom is -0.365 e. The smallest absolute Gasteiger partial charge is 0.182 e. The lowest BCUT2D eigenvalue weighted by molar-refractivity contribution is 1.03. The maximum Gasteiger partial charge on any atom is 0.182 e. The average Bonchev–Trinajstić information content (AvgIpc) is 2.67. The first kappa shape index (κ1) is 9.15. The Labute approximate surface area is 86.8 Å². The topological polar surface area (TPSA) is 37.8 Å². The maximum absolute atomic E-state index is 4.39. The molecule has 72 valence electrons. The quantitative estimate of drug-likeness (QED) is 0.834. The first-order valence-corrected chi connectivity index (χ1v) is 5.28. The zero-order chi connectivity index (χ0) is 9.80. The molecule has 2 aromatic rings. The summed E-state index contributed by atoms with van der Waals surface area (Å²) in [7, 11) is 1.88. The van der Waals surface area contributed by atoms with Gasteiger partial charge in [-0.25, -0.2) is 4.98 Å². The van der Waals surface area contributed by atoms with Gasteiger partial charge in [0.15, 0.2) is 5.13 Å². The highest BCUT2D eigenvalue weighted by Crippen LogP contribution is 2.16. The Morgan fingerprint density at radius 1 is 1.36 bits per heavy atom. The molecule has 0 saturated heterocycles. The summed E-state index contributed by atoms with van der Waals surface area (Å²) in [5.41, 5.74) is 2.12. The average molecular weight is 205 g/mol. The molecule has 0 spiro atoms. The SMILES string of the molecule is CNc1nc(Cc2ccccn2)cs1. The van der Waals surface area contributed by atoms with Crippen LogP contribution in [0.25, 0.3) is 0 Å². The largest absolute Gasteiger partial charge is 0.365 e. The third-order valence-electron chi connectivity index (χ3n) is 1.85. The van der Waals surface area contributed by atoms with Crippen LogP contribution < -0.4 is 5.32 Å². The van der Waals surface area contributed by atoms with Gasteiger partial charge in [-0.2, -0.15) is 0 Å². The molecule has 0 radical (unpaired) electrons. The van der Waals surface area contributed by atoms with E-state index in [0.29, 0.717) is 0 Å². The first-order chi connectivity index (χ1) is 6.88. The van der Waals surface area contributed by atoms with Gasteiger partial charge in [0.25, 0.3) is 0 Å². The Balaban J connectivity index is 2.11. The van der Waals surface area contributed by atoms with Crippen molar-refractivity contribution in [3.63, 3.8) is 0 Å². The maximum atomic E-state index is 4.39. The summed E-state index contributed by atoms with van der Waals surface area (Å²) in [6, 6.07) is 5.93. The zero-order valence-corrected chi connectivity index (χ0v) is 8.71. The number of nitrogens with one attached hydrogen (secondary N) is 1. The van der Waals surface area contributed by atoms with Crippen LogP contribution in [0.3, 0.4) is 0 Å². The highest BCUT2D eigenvalue weighted by atomic mass is 32.1. The molecule has 2 rings (SSSR count). The molecule has 1 N–H and O–H groups in total. The summed E-state index contributed by atoms with van der Waals surface area (Å²) in [5.74, 6) is 0. The Kier molecular flexibility index (Phi) is 2.74. The first-order valence-electron chi connectivity index (χ1n) is 4.40. The van der Waals surface area contributed by atoms with Crippen molar-refractivity contribution in [3.05, 3.63) is 41.2 Å². The Hall–Kier alpha value is -1.42. The van der Waals surface area contributed by atoms with Crippen LogP contribution in [0.15, 0.2) is 29.8 Å². The van der Waals surface area contributed by atoms with Gasteiger partial charge in [-0.1, -0.05) is 6.07 Å². The number of hydrogen-bond donors (Lipinski definition) is 1. The molecule has 0 bridgehead atoms. The standard InChI is InChI=1S/C10H11N3S/c1-11-10-13-9(7-14-10)6-8-4-2-3-5-12-8/h2-5,7H,6H2,1H3,(H,11,13). The van der Waals surface area contributed by atoms with Gasteiger partial charge < -0.3 is 5.32 Å². The number of hydrogen-bond acceptors (Lipinski definition) is 4. The Morgan fingerprint density at radius 2 is 2.29 bits per heavy atom. The molecule has 0 fully saturated rings. The van der Waals surface area contributed by atoms with Gasteiger partial charge in [0.1, 0.15) is 0 Å². The van der Waals surface area contributed by atoms with E-state index in [1.807, 2.05) is 25.2 Å². The molecule has 2 aromatic heterocycles. The number of rotatable bonds is 3. The van der Waals surface area contributed by atoms with Crippen molar-refractivity contribution in [2.75, 3.05) is 12.4 Å². The van der Waals surface area contributed by atoms with Crippen LogP contribution in [0, 0.1) is 0 Å². The Bertz CT molecular complexity index is 397. The fraction of sp³-hybridized carbons (Fsp3) is 0.200. The van der Waals surface area contributed by atoms with Crippen LogP contribution in [-0.4, -0.2) is 17.0 Å². The zero-order valence-electron chi connectivity index (χ0n) is 7.90. The Morgan fingerprint density at radius 3 is 2.93 bits per heavy atom. The molecule has 0 saturated carbocycles. The van der Waals surface area contributed by atoms with E-state index in [9.17, 15) is 0 Å². The fourth-order valence-corrected chi connectivity index (χ4v) is 1.86. The number of thiazole rings is 1. The monoisotopic (exact) mass is 205 g/mol. The second kappa shape index (κ2) is 4.19. The lowest BCUT2D eigenvalue weighted by Gasteiger charge is -1.95. The summed E-state index contributed by atoms with van der Waals surface area (Å²) in [4.78, 5) is 8.64. The summed E-state index contributed by atoms with van der Waals surface area (Å²) in [5, 5.41) is 6.03. The van der Waals surface area contributed by atoms with E-state index in [1.54, 1.807) is 17.5 Å². The van der Waals surface area contributed by atoms with Gasteiger partial charge in [-0.15, -0.1) is 11.3 Å². The second-order valence-electron chi connectivity index (χ2n) is 2.89. The van der Waals surface area contributed by atoms with Crippen LogP contribution in [-0.2, 0) is 6.42 Å². The number of nitrogens with zero attached hydrogens (tertiary/aromatic N) is 2. The third kappa shape index (κ3) is 2.09. The van der Waals surface area contributed by atoms with Crippen molar-refractivity contribution in [1.82, 2.24) is 9.97 Å². The minimum atomic E-state index is 0.805. The highest BCUT2D eigenvalue weighted by Gasteiger charge is 2.01. The van der Waals surface area contributed by atoms with Gasteiger partial charge in [-0.05, 0) is 12.1 Å². The lowest BCUT2D eigenvalue weighted by Crippen LogP contribution is -1.92. The van der Waals surface area contributed by atoms with Crippen molar-refractivity contribution < 1.29 is 0 Å². The van der Waals surface area contributed by atoms with E-state index >= 15 is 0 Å². The molecule has 0 amide bonds. The predicted molar refractivity (Wildman–Crippen MR) is 58.7 cm³/mol. The van der Waals surface area contributed by atoms with Crippen molar-refractivity contribution in [1.29, 1.82) is 0 Å². The van der Waals surface area contributed by atoms with Crippen LogP contribution in [0.1, 0.15) is 11.4 Å². The normalized spacial score (nSPS) is 10.1. The molecule has 2 heterocycles. The van der Waals surface area contributed by atoms with E-state index in [-0.39, 0.29) is 0 Å². The molecule has 3 nitrogen and oxygen atoms in total. The molecule has 14 heavy (non-hydrogen) atoms. The van der Waals surface area contributed by atoms with Crippen molar-refractivity contribution in [2.24, 2.45) is 0 Å². The lowest BCUT2D eigenvalue weighted by atomic mass is 10.2. The van der Waals surface area contributed by atoms with Gasteiger partial charge in [0.05, 0.1) is 5.69 Å². The van der Waals surface area contributed by atoms with Crippen molar-refractivity contribution in [2.45, 2.75) is 6.42 Å². The van der Waals surface area contributed by atoms with Gasteiger partial charge in [0, 0.05) is 30.7 Å². The summed E-state index contributed by atoms with van der Waals surface area (Å²) >= 11 is 1.62. The van der Waals surface area contributed by atoms with Gasteiger partial charge >= 0.3 is 0 Å². The minimum absolute atomic E-state index is 0.805. The van der Waals surface area contributed by atoms with E-state index < -0.39 is 0 Å². The van der Waals surface area contributed by atoms with Crippen LogP contribution >= 0.6 is 11.3 Å². The van der Waals surface area contributed by atoms with Crippen LogP contribution in [0.2, 0.25) is 0 Å². The second-order valence-corrected chi connectivity index (χ2v) is 3.75. The molecular weight excluding hydrogens is 194 g/mol. The molecule has 0 aliphatic carbocycles. The van der Waals surface area contributed by atoms with Crippen molar-refractivity contribution >= 4 is 16.5 Å². The van der Waals surface area contributed by atoms with E-state index in [4.69, 9.17) is 0 Å². The molecule has 0 aromatic carbocycles. The van der Waals surface area contributed by atoms with E-state index in [1.165, 1.54) is 0 Å². The molecule has 0 aliphatic rings. The van der Waals surface area contributed by atoms with Crippen LogP contribution in [0.4, 0.5) is 5.13 Å². The molecule has 0 atom stereocenters. The van der Waals surface area contributed by atoms with Crippen LogP contribution in [0.5, 0.6) is 0 Å². The highest BCUT2D eigenvalue weighted by molar-refractivity contribution is 7.13. The van der Waals surface area contributed by atoms with E-state index in [0.717, 1.165) is 22.9 Å².